The molecule has 2 rings (SSSR count). The molecule has 5 nitrogen and oxygen atoms in total. The van der Waals surface area contributed by atoms with Crippen LogP contribution in [-0.2, 0) is 27.1 Å². The number of ether oxygens (including phenoxy) is 1. The highest BCUT2D eigenvalue weighted by atomic mass is 32.2. The van der Waals surface area contributed by atoms with Crippen molar-refractivity contribution in [2.75, 3.05) is 20.3 Å². The van der Waals surface area contributed by atoms with Crippen LogP contribution in [0.3, 0.4) is 0 Å². The van der Waals surface area contributed by atoms with Crippen LogP contribution in [0.5, 0.6) is 0 Å². The van der Waals surface area contributed by atoms with Crippen LogP contribution in [0.25, 0.3) is 0 Å². The van der Waals surface area contributed by atoms with Gasteiger partial charge in [0.15, 0.2) is 0 Å². The van der Waals surface area contributed by atoms with E-state index in [9.17, 15) is 8.42 Å². The van der Waals surface area contributed by atoms with Gasteiger partial charge in [-0.3, -0.25) is 0 Å². The number of rotatable bonds is 10. The van der Waals surface area contributed by atoms with E-state index in [0.29, 0.717) is 25.6 Å². The summed E-state index contributed by atoms with van der Waals surface area (Å²) in [6.45, 7) is 1.83. The van der Waals surface area contributed by atoms with E-state index >= 15 is 0 Å². The summed E-state index contributed by atoms with van der Waals surface area (Å²) in [6, 6.07) is 8.44. The molecule has 1 aromatic carbocycles. The molecule has 0 heterocycles. The summed E-state index contributed by atoms with van der Waals surface area (Å²) < 4.78 is 31.3. The maximum absolute atomic E-state index is 11.9. The maximum atomic E-state index is 11.9. The van der Waals surface area contributed by atoms with Crippen molar-refractivity contribution in [3.05, 3.63) is 35.4 Å². The van der Waals surface area contributed by atoms with Gasteiger partial charge in [0.1, 0.15) is 0 Å². The van der Waals surface area contributed by atoms with Crippen molar-refractivity contribution in [2.24, 2.45) is 0 Å². The van der Waals surface area contributed by atoms with Crippen LogP contribution in [0, 0.1) is 0 Å². The summed E-state index contributed by atoms with van der Waals surface area (Å²) in [7, 11) is -1.66. The zero-order valence-corrected chi connectivity index (χ0v) is 13.3. The predicted octanol–water partition coefficient (Wildman–Crippen LogP) is 1.39. The third-order valence-corrected chi connectivity index (χ3v) is 4.76. The van der Waals surface area contributed by atoms with E-state index < -0.39 is 10.0 Å². The second-order valence-corrected chi connectivity index (χ2v) is 7.28. The third-order valence-electron chi connectivity index (χ3n) is 3.40. The smallest absolute Gasteiger partial charge is 0.215 e. The Kier molecular flexibility index (Phi) is 6.17. The van der Waals surface area contributed by atoms with Gasteiger partial charge in [-0.15, -0.1) is 0 Å². The molecule has 2 N–H and O–H groups in total. The zero-order valence-electron chi connectivity index (χ0n) is 12.5. The van der Waals surface area contributed by atoms with Gasteiger partial charge >= 0.3 is 0 Å². The average Bonchev–Trinajstić information content (AvgIpc) is 3.27. The van der Waals surface area contributed by atoms with Crippen molar-refractivity contribution >= 4 is 10.0 Å². The van der Waals surface area contributed by atoms with E-state index in [1.807, 2.05) is 24.3 Å². The SMILES string of the molecule is COCCCNS(=O)(=O)Cc1ccc(CNC2CC2)cc1. The van der Waals surface area contributed by atoms with Gasteiger partial charge in [-0.2, -0.15) is 0 Å². The van der Waals surface area contributed by atoms with Gasteiger partial charge in [-0.05, 0) is 30.4 Å². The number of hydrogen-bond donors (Lipinski definition) is 2. The number of methoxy groups -OCH3 is 1. The summed E-state index contributed by atoms with van der Waals surface area (Å²) in [6.07, 6.45) is 3.22. The maximum Gasteiger partial charge on any atom is 0.215 e. The Balaban J connectivity index is 1.77. The van der Waals surface area contributed by atoms with Gasteiger partial charge < -0.3 is 10.1 Å². The third kappa shape index (κ3) is 6.56. The zero-order chi connectivity index (χ0) is 15.1. The van der Waals surface area contributed by atoms with Crippen LogP contribution in [0.15, 0.2) is 24.3 Å². The molecule has 0 atom stereocenters. The van der Waals surface area contributed by atoms with Gasteiger partial charge in [0.2, 0.25) is 10.0 Å². The Hall–Kier alpha value is -0.950. The van der Waals surface area contributed by atoms with Crippen LogP contribution in [-0.4, -0.2) is 34.7 Å². The first-order chi connectivity index (χ1) is 10.1. The van der Waals surface area contributed by atoms with Crippen molar-refractivity contribution in [2.45, 2.75) is 37.6 Å². The number of benzene rings is 1. The predicted molar refractivity (Wildman–Crippen MR) is 83.4 cm³/mol. The molecule has 118 valence electrons. The number of sulfonamides is 1. The molecule has 0 bridgehead atoms. The normalized spacial score (nSPS) is 15.3. The Morgan fingerprint density at radius 3 is 2.48 bits per heavy atom. The minimum Gasteiger partial charge on any atom is -0.385 e. The molecule has 0 radical (unpaired) electrons. The van der Waals surface area contributed by atoms with Crippen LogP contribution in [0.1, 0.15) is 30.4 Å². The summed E-state index contributed by atoms with van der Waals surface area (Å²) in [4.78, 5) is 0. The molecular formula is C15H24N2O3S. The highest BCUT2D eigenvalue weighted by Gasteiger charge is 2.19. The highest BCUT2D eigenvalue weighted by Crippen LogP contribution is 2.19. The van der Waals surface area contributed by atoms with Crippen LogP contribution < -0.4 is 10.0 Å². The molecule has 1 aliphatic carbocycles. The van der Waals surface area contributed by atoms with E-state index in [1.165, 1.54) is 18.4 Å². The van der Waals surface area contributed by atoms with Crippen molar-refractivity contribution in [3.8, 4) is 0 Å². The lowest BCUT2D eigenvalue weighted by Gasteiger charge is -2.08. The second-order valence-electron chi connectivity index (χ2n) is 5.47. The Morgan fingerprint density at radius 2 is 1.86 bits per heavy atom. The molecule has 1 aliphatic rings. The van der Waals surface area contributed by atoms with Crippen molar-refractivity contribution < 1.29 is 13.2 Å². The van der Waals surface area contributed by atoms with Gasteiger partial charge in [0.05, 0.1) is 5.75 Å². The van der Waals surface area contributed by atoms with Gasteiger partial charge in [-0.1, -0.05) is 24.3 Å². The fourth-order valence-electron chi connectivity index (χ4n) is 2.02. The van der Waals surface area contributed by atoms with Gasteiger partial charge in [0.25, 0.3) is 0 Å². The molecule has 1 saturated carbocycles. The number of nitrogens with one attached hydrogen (secondary N) is 2. The lowest BCUT2D eigenvalue weighted by Crippen LogP contribution is -2.26. The van der Waals surface area contributed by atoms with Gasteiger partial charge in [-0.25, -0.2) is 13.1 Å². The molecule has 21 heavy (non-hydrogen) atoms. The first-order valence-corrected chi connectivity index (χ1v) is 9.02. The Labute approximate surface area is 127 Å². The molecular weight excluding hydrogens is 288 g/mol. The first-order valence-electron chi connectivity index (χ1n) is 7.36. The van der Waals surface area contributed by atoms with E-state index in [0.717, 1.165) is 12.1 Å². The van der Waals surface area contributed by atoms with Gasteiger partial charge in [0, 0.05) is 32.8 Å². The first kappa shape index (κ1) is 16.4. The molecule has 6 heteroatoms. The van der Waals surface area contributed by atoms with Crippen LogP contribution in [0.2, 0.25) is 0 Å². The molecule has 0 spiro atoms. The summed E-state index contributed by atoms with van der Waals surface area (Å²) in [5, 5.41) is 3.44. The standard InChI is InChI=1S/C15H24N2O3S/c1-20-10-2-9-17-21(18,19)12-14-5-3-13(4-6-14)11-16-15-7-8-15/h3-6,15-17H,2,7-12H2,1H3. The van der Waals surface area contributed by atoms with Crippen LogP contribution >= 0.6 is 0 Å². The minimum absolute atomic E-state index is 0.0241. The lowest BCUT2D eigenvalue weighted by atomic mass is 10.1. The molecule has 0 unspecified atom stereocenters. The number of hydrogen-bond acceptors (Lipinski definition) is 4. The Bertz CT molecular complexity index is 524. The molecule has 0 amide bonds. The summed E-state index contributed by atoms with van der Waals surface area (Å²) in [5.74, 6) is 0.0241. The van der Waals surface area contributed by atoms with Crippen molar-refractivity contribution in [3.63, 3.8) is 0 Å². The average molecular weight is 312 g/mol. The topological polar surface area (TPSA) is 67.4 Å². The van der Waals surface area contributed by atoms with Crippen molar-refractivity contribution in [1.82, 2.24) is 10.0 Å². The van der Waals surface area contributed by atoms with E-state index in [1.54, 1.807) is 7.11 Å². The molecule has 0 aliphatic heterocycles. The fraction of sp³-hybridized carbons (Fsp3) is 0.600. The fourth-order valence-corrected chi connectivity index (χ4v) is 3.21. The molecule has 1 fully saturated rings. The van der Waals surface area contributed by atoms with E-state index in [-0.39, 0.29) is 5.75 Å². The van der Waals surface area contributed by atoms with E-state index in [4.69, 9.17) is 4.74 Å². The molecule has 1 aromatic rings. The molecule has 0 saturated heterocycles. The van der Waals surface area contributed by atoms with E-state index in [2.05, 4.69) is 10.0 Å². The second kappa shape index (κ2) is 7.89. The Morgan fingerprint density at radius 1 is 1.19 bits per heavy atom. The summed E-state index contributed by atoms with van der Waals surface area (Å²) in [5.41, 5.74) is 2.00. The lowest BCUT2D eigenvalue weighted by molar-refractivity contribution is 0.196. The molecule has 0 aromatic heterocycles. The summed E-state index contributed by atoms with van der Waals surface area (Å²) >= 11 is 0. The minimum atomic E-state index is -3.26. The quantitative estimate of drug-likeness (QED) is 0.641. The van der Waals surface area contributed by atoms with Crippen LogP contribution in [0.4, 0.5) is 0 Å². The monoisotopic (exact) mass is 312 g/mol. The highest BCUT2D eigenvalue weighted by molar-refractivity contribution is 7.88. The van der Waals surface area contributed by atoms with Crippen molar-refractivity contribution in [1.29, 1.82) is 0 Å². The largest absolute Gasteiger partial charge is 0.385 e.